The highest BCUT2D eigenvalue weighted by molar-refractivity contribution is 7.99. The summed E-state index contributed by atoms with van der Waals surface area (Å²) in [5.41, 5.74) is 0. The van der Waals surface area contributed by atoms with Gasteiger partial charge >= 0.3 is 0 Å². The molecule has 6 heteroatoms. The summed E-state index contributed by atoms with van der Waals surface area (Å²) in [4.78, 5) is 3.91. The molecule has 0 bridgehead atoms. The summed E-state index contributed by atoms with van der Waals surface area (Å²) in [6, 6.07) is 0. The lowest BCUT2D eigenvalue weighted by Gasteiger charge is -2.06. The quantitative estimate of drug-likeness (QED) is 0.542. The highest BCUT2D eigenvalue weighted by atomic mass is 32.2. The second kappa shape index (κ2) is 5.13. The lowest BCUT2D eigenvalue weighted by Crippen LogP contribution is -2.25. The van der Waals surface area contributed by atoms with E-state index in [-0.39, 0.29) is 6.10 Å². The van der Waals surface area contributed by atoms with E-state index in [2.05, 4.69) is 20.5 Å². The van der Waals surface area contributed by atoms with Crippen LogP contribution in [0.1, 0.15) is 0 Å². The number of H-pyrrole nitrogens is 1. The van der Waals surface area contributed by atoms with Crippen molar-refractivity contribution in [2.45, 2.75) is 11.3 Å². The van der Waals surface area contributed by atoms with Crippen LogP contribution in [0.5, 0.6) is 0 Å². The van der Waals surface area contributed by atoms with Gasteiger partial charge in [0.15, 0.2) is 5.16 Å². The molecule has 1 heterocycles. The Kier molecular flexibility index (Phi) is 4.06. The van der Waals surface area contributed by atoms with Gasteiger partial charge in [0.2, 0.25) is 0 Å². The topological polar surface area (TPSA) is 73.8 Å². The molecule has 0 aliphatic heterocycles. The number of thioether (sulfide) groups is 1. The van der Waals surface area contributed by atoms with E-state index in [0.717, 1.165) is 5.16 Å². The maximum atomic E-state index is 9.30. The maximum absolute atomic E-state index is 9.30. The van der Waals surface area contributed by atoms with Crippen molar-refractivity contribution < 1.29 is 5.11 Å². The minimum Gasteiger partial charge on any atom is -0.391 e. The summed E-state index contributed by atoms with van der Waals surface area (Å²) < 4.78 is 0. The molecule has 1 rings (SSSR count). The summed E-state index contributed by atoms with van der Waals surface area (Å²) in [5, 5.41) is 19.3. The molecule has 0 aromatic carbocycles. The lowest BCUT2D eigenvalue weighted by molar-refractivity contribution is 0.199. The van der Waals surface area contributed by atoms with Crippen molar-refractivity contribution in [2.75, 3.05) is 19.3 Å². The first-order chi connectivity index (χ1) is 5.83. The van der Waals surface area contributed by atoms with Gasteiger partial charge in [0.25, 0.3) is 0 Å². The molecular formula is C6H12N4OS. The Morgan fingerprint density at radius 3 is 3.25 bits per heavy atom. The van der Waals surface area contributed by atoms with Gasteiger partial charge in [0, 0.05) is 12.3 Å². The number of nitrogens with one attached hydrogen (secondary N) is 2. The Hall–Kier alpha value is -0.590. The molecule has 0 aliphatic carbocycles. The zero-order valence-electron chi connectivity index (χ0n) is 6.82. The van der Waals surface area contributed by atoms with E-state index in [0.29, 0.717) is 12.3 Å². The summed E-state index contributed by atoms with van der Waals surface area (Å²) in [7, 11) is 1.81. The third-order valence-electron chi connectivity index (χ3n) is 1.25. The van der Waals surface area contributed by atoms with Crippen LogP contribution in [0.4, 0.5) is 0 Å². The van der Waals surface area contributed by atoms with Crippen LogP contribution in [0.2, 0.25) is 0 Å². The summed E-state index contributed by atoms with van der Waals surface area (Å²) in [6.45, 7) is 0.598. The van der Waals surface area contributed by atoms with Crippen LogP contribution in [-0.2, 0) is 0 Å². The van der Waals surface area contributed by atoms with Crippen LogP contribution >= 0.6 is 11.8 Å². The Bertz CT molecular complexity index is 203. The van der Waals surface area contributed by atoms with Crippen LogP contribution in [0.25, 0.3) is 0 Å². The van der Waals surface area contributed by atoms with Crippen LogP contribution in [0, 0.1) is 0 Å². The first-order valence-corrected chi connectivity index (χ1v) is 4.62. The first-order valence-electron chi connectivity index (χ1n) is 3.63. The number of aliphatic hydroxyl groups is 1. The molecule has 0 saturated carbocycles. The predicted octanol–water partition coefficient (Wildman–Crippen LogP) is -0.523. The van der Waals surface area contributed by atoms with E-state index >= 15 is 0 Å². The number of hydrogen-bond donors (Lipinski definition) is 3. The Morgan fingerprint density at radius 1 is 1.83 bits per heavy atom. The van der Waals surface area contributed by atoms with Crippen molar-refractivity contribution in [3.63, 3.8) is 0 Å². The van der Waals surface area contributed by atoms with Gasteiger partial charge in [-0.25, -0.2) is 4.98 Å². The van der Waals surface area contributed by atoms with Crippen molar-refractivity contribution in [1.29, 1.82) is 0 Å². The van der Waals surface area contributed by atoms with E-state index in [9.17, 15) is 5.11 Å². The SMILES string of the molecule is CNCC(O)CSc1ncn[nH]1. The van der Waals surface area contributed by atoms with Crippen molar-refractivity contribution in [1.82, 2.24) is 20.5 Å². The highest BCUT2D eigenvalue weighted by Crippen LogP contribution is 2.11. The monoisotopic (exact) mass is 188 g/mol. The molecule has 0 aliphatic rings. The fourth-order valence-corrected chi connectivity index (χ4v) is 1.44. The zero-order valence-corrected chi connectivity index (χ0v) is 7.64. The number of nitrogens with zero attached hydrogens (tertiary/aromatic N) is 2. The molecule has 12 heavy (non-hydrogen) atoms. The Balaban J connectivity index is 2.17. The van der Waals surface area contributed by atoms with Crippen LogP contribution in [0.15, 0.2) is 11.5 Å². The normalized spacial score (nSPS) is 13.2. The molecule has 1 unspecified atom stereocenters. The van der Waals surface area contributed by atoms with Crippen molar-refractivity contribution in [3.05, 3.63) is 6.33 Å². The standard InChI is InChI=1S/C6H12N4OS/c1-7-2-5(11)3-12-6-8-4-9-10-6/h4-5,7,11H,2-3H2,1H3,(H,8,9,10). The van der Waals surface area contributed by atoms with Crippen molar-refractivity contribution in [2.24, 2.45) is 0 Å². The molecule has 3 N–H and O–H groups in total. The third kappa shape index (κ3) is 3.21. The fourth-order valence-electron chi connectivity index (χ4n) is 0.733. The zero-order chi connectivity index (χ0) is 8.81. The van der Waals surface area contributed by atoms with E-state index in [4.69, 9.17) is 0 Å². The number of aromatic nitrogens is 3. The molecule has 1 aromatic rings. The molecule has 1 atom stereocenters. The smallest absolute Gasteiger partial charge is 0.183 e. The molecule has 0 radical (unpaired) electrons. The van der Waals surface area contributed by atoms with Gasteiger partial charge in [0.05, 0.1) is 6.10 Å². The predicted molar refractivity (Wildman–Crippen MR) is 47.0 cm³/mol. The van der Waals surface area contributed by atoms with Crippen molar-refractivity contribution >= 4 is 11.8 Å². The van der Waals surface area contributed by atoms with Gasteiger partial charge in [-0.1, -0.05) is 11.8 Å². The van der Waals surface area contributed by atoms with E-state index in [1.165, 1.54) is 18.1 Å². The molecule has 68 valence electrons. The minimum atomic E-state index is -0.343. The Morgan fingerprint density at radius 2 is 2.67 bits per heavy atom. The van der Waals surface area contributed by atoms with E-state index in [1.807, 2.05) is 7.05 Å². The van der Waals surface area contributed by atoms with Crippen LogP contribution in [-0.4, -0.2) is 45.7 Å². The highest BCUT2D eigenvalue weighted by Gasteiger charge is 2.04. The average molecular weight is 188 g/mol. The number of aliphatic hydroxyl groups excluding tert-OH is 1. The molecular weight excluding hydrogens is 176 g/mol. The van der Waals surface area contributed by atoms with Gasteiger partial charge in [-0.05, 0) is 7.05 Å². The van der Waals surface area contributed by atoms with Gasteiger partial charge in [0.1, 0.15) is 6.33 Å². The minimum absolute atomic E-state index is 0.343. The molecule has 0 amide bonds. The second-order valence-corrected chi connectivity index (χ2v) is 3.32. The van der Waals surface area contributed by atoms with E-state index < -0.39 is 0 Å². The summed E-state index contributed by atoms with van der Waals surface area (Å²) >= 11 is 1.46. The first kappa shape index (κ1) is 9.50. The Labute approximate surface area is 75.0 Å². The summed E-state index contributed by atoms with van der Waals surface area (Å²) in [5.74, 6) is 0.621. The lowest BCUT2D eigenvalue weighted by atomic mass is 10.4. The number of aromatic amines is 1. The molecule has 0 fully saturated rings. The van der Waals surface area contributed by atoms with Gasteiger partial charge < -0.3 is 10.4 Å². The largest absolute Gasteiger partial charge is 0.391 e. The van der Waals surface area contributed by atoms with Gasteiger partial charge in [-0.2, -0.15) is 5.10 Å². The summed E-state index contributed by atoms with van der Waals surface area (Å²) in [6.07, 6.45) is 1.11. The van der Waals surface area contributed by atoms with Crippen LogP contribution in [0.3, 0.4) is 0 Å². The molecule has 5 nitrogen and oxygen atoms in total. The third-order valence-corrected chi connectivity index (χ3v) is 2.27. The second-order valence-electron chi connectivity index (χ2n) is 2.31. The van der Waals surface area contributed by atoms with Gasteiger partial charge in [-0.15, -0.1) is 0 Å². The van der Waals surface area contributed by atoms with Gasteiger partial charge in [-0.3, -0.25) is 5.10 Å². The average Bonchev–Trinajstić information content (AvgIpc) is 2.53. The molecule has 0 saturated heterocycles. The maximum Gasteiger partial charge on any atom is 0.183 e. The fraction of sp³-hybridized carbons (Fsp3) is 0.667. The number of likely N-dealkylation sites (N-methyl/N-ethyl adjacent to an activating group) is 1. The van der Waals surface area contributed by atoms with E-state index in [1.54, 1.807) is 0 Å². The van der Waals surface area contributed by atoms with Crippen molar-refractivity contribution in [3.8, 4) is 0 Å². The number of rotatable bonds is 5. The number of hydrogen-bond acceptors (Lipinski definition) is 5. The molecule has 1 aromatic heterocycles. The molecule has 0 spiro atoms. The van der Waals surface area contributed by atoms with Crippen LogP contribution < -0.4 is 5.32 Å².